The first-order valence-corrected chi connectivity index (χ1v) is 9.93. The van der Waals surface area contributed by atoms with Crippen LogP contribution < -0.4 is 21.7 Å². The number of phenolic OH excluding ortho intramolecular Hbond substituents is 1. The molecule has 0 saturated heterocycles. The Labute approximate surface area is 180 Å². The molecule has 0 bridgehead atoms. The van der Waals surface area contributed by atoms with E-state index in [1.165, 1.54) is 12.1 Å². The van der Waals surface area contributed by atoms with E-state index in [4.69, 9.17) is 5.73 Å². The number of carboxylic acid groups (broad SMARTS) is 1. The van der Waals surface area contributed by atoms with Crippen molar-refractivity contribution in [1.82, 2.24) is 16.0 Å². The second-order valence-electron chi connectivity index (χ2n) is 7.07. The maximum absolute atomic E-state index is 12.4. The molecule has 0 heterocycles. The first-order chi connectivity index (χ1) is 14.0. The monoisotopic (exact) mass is 440 g/mol. The van der Waals surface area contributed by atoms with Gasteiger partial charge in [0.25, 0.3) is 0 Å². The summed E-state index contributed by atoms with van der Waals surface area (Å²) >= 11 is 3.94. The first-order valence-electron chi connectivity index (χ1n) is 9.29. The average molecular weight is 441 g/mol. The van der Waals surface area contributed by atoms with Crippen LogP contribution in [-0.4, -0.2) is 64.3 Å². The van der Waals surface area contributed by atoms with Crippen LogP contribution in [0, 0.1) is 5.92 Å². The van der Waals surface area contributed by atoms with E-state index in [9.17, 15) is 29.4 Å². The SMILES string of the molecule is CC(C)C(NC(=O)C(N)CS)C(=O)NCC(=O)NC(Cc1ccc(O)cc1)C(=O)O. The number of benzene rings is 1. The lowest BCUT2D eigenvalue weighted by atomic mass is 10.0. The highest BCUT2D eigenvalue weighted by molar-refractivity contribution is 7.80. The zero-order valence-electron chi connectivity index (χ0n) is 16.8. The summed E-state index contributed by atoms with van der Waals surface area (Å²) in [6, 6.07) is 2.92. The molecule has 11 heteroatoms. The molecule has 0 fully saturated rings. The summed E-state index contributed by atoms with van der Waals surface area (Å²) in [7, 11) is 0. The van der Waals surface area contributed by atoms with Gasteiger partial charge in [0, 0.05) is 12.2 Å². The van der Waals surface area contributed by atoms with Gasteiger partial charge in [-0.05, 0) is 23.6 Å². The number of carboxylic acids is 1. The molecule has 0 radical (unpaired) electrons. The fourth-order valence-electron chi connectivity index (χ4n) is 2.47. The number of carbonyl (C=O) groups is 4. The maximum atomic E-state index is 12.4. The van der Waals surface area contributed by atoms with E-state index in [1.807, 2.05) is 0 Å². The maximum Gasteiger partial charge on any atom is 0.326 e. The molecule has 0 aliphatic heterocycles. The normalized spacial score (nSPS) is 13.8. The molecule has 30 heavy (non-hydrogen) atoms. The molecule has 10 nitrogen and oxygen atoms in total. The second-order valence-corrected chi connectivity index (χ2v) is 7.43. The number of nitrogens with two attached hydrogens (primary N) is 1. The van der Waals surface area contributed by atoms with Crippen LogP contribution in [0.15, 0.2) is 24.3 Å². The van der Waals surface area contributed by atoms with Crippen molar-refractivity contribution in [2.45, 2.75) is 38.4 Å². The van der Waals surface area contributed by atoms with Gasteiger partial charge in [-0.15, -0.1) is 0 Å². The lowest BCUT2D eigenvalue weighted by Crippen LogP contribution is -2.55. The molecule has 7 N–H and O–H groups in total. The van der Waals surface area contributed by atoms with Crippen molar-refractivity contribution in [3.8, 4) is 5.75 Å². The Morgan fingerprint density at radius 1 is 1.07 bits per heavy atom. The van der Waals surface area contributed by atoms with Crippen LogP contribution >= 0.6 is 12.6 Å². The van der Waals surface area contributed by atoms with Gasteiger partial charge in [-0.1, -0.05) is 26.0 Å². The second kappa shape index (κ2) is 12.0. The lowest BCUT2D eigenvalue weighted by molar-refractivity contribution is -0.141. The van der Waals surface area contributed by atoms with Gasteiger partial charge in [0.1, 0.15) is 17.8 Å². The summed E-state index contributed by atoms with van der Waals surface area (Å²) in [5.74, 6) is -3.19. The summed E-state index contributed by atoms with van der Waals surface area (Å²) in [6.45, 7) is 2.97. The highest BCUT2D eigenvalue weighted by Crippen LogP contribution is 2.11. The average Bonchev–Trinajstić information content (AvgIpc) is 2.70. The molecule has 1 aromatic rings. The van der Waals surface area contributed by atoms with Gasteiger partial charge in [-0.3, -0.25) is 14.4 Å². The quantitative estimate of drug-likeness (QED) is 0.217. The molecule has 0 aromatic heterocycles. The van der Waals surface area contributed by atoms with E-state index in [0.29, 0.717) is 5.56 Å². The number of amides is 3. The third-order valence-corrected chi connectivity index (χ3v) is 4.61. The smallest absolute Gasteiger partial charge is 0.326 e. The zero-order chi connectivity index (χ0) is 22.8. The number of phenols is 1. The minimum absolute atomic E-state index is 0.00158. The first kappa shape index (κ1) is 25.2. The summed E-state index contributed by atoms with van der Waals surface area (Å²) in [4.78, 5) is 47.9. The topological polar surface area (TPSA) is 171 Å². The fourth-order valence-corrected chi connectivity index (χ4v) is 2.63. The summed E-state index contributed by atoms with van der Waals surface area (Å²) < 4.78 is 0. The molecule has 1 aromatic carbocycles. The summed E-state index contributed by atoms with van der Waals surface area (Å²) in [6.07, 6.45) is 0.00158. The Kier molecular flexibility index (Phi) is 10.1. The fraction of sp³-hybridized carbons (Fsp3) is 0.474. The number of aromatic hydroxyl groups is 1. The van der Waals surface area contributed by atoms with Crippen LogP contribution in [0.2, 0.25) is 0 Å². The molecule has 0 aliphatic rings. The number of thiol groups is 1. The van der Waals surface area contributed by atoms with Gasteiger partial charge < -0.3 is 31.9 Å². The van der Waals surface area contributed by atoms with Crippen molar-refractivity contribution < 1.29 is 29.4 Å². The van der Waals surface area contributed by atoms with Gasteiger partial charge in [0.2, 0.25) is 17.7 Å². The molecular weight excluding hydrogens is 412 g/mol. The highest BCUT2D eigenvalue weighted by Gasteiger charge is 2.27. The van der Waals surface area contributed by atoms with Gasteiger partial charge in [-0.25, -0.2) is 4.79 Å². The van der Waals surface area contributed by atoms with Crippen LogP contribution in [-0.2, 0) is 25.6 Å². The molecular formula is C19H28N4O6S. The molecule has 3 amide bonds. The van der Waals surface area contributed by atoms with E-state index in [1.54, 1.807) is 26.0 Å². The Morgan fingerprint density at radius 3 is 2.17 bits per heavy atom. The Morgan fingerprint density at radius 2 is 1.67 bits per heavy atom. The van der Waals surface area contributed by atoms with Crippen molar-refractivity contribution in [3.63, 3.8) is 0 Å². The largest absolute Gasteiger partial charge is 0.508 e. The number of hydrogen-bond donors (Lipinski definition) is 7. The van der Waals surface area contributed by atoms with E-state index < -0.39 is 48.4 Å². The predicted molar refractivity (Wildman–Crippen MR) is 113 cm³/mol. The number of rotatable bonds is 11. The van der Waals surface area contributed by atoms with Crippen LogP contribution in [0.4, 0.5) is 0 Å². The molecule has 166 valence electrons. The van der Waals surface area contributed by atoms with Crippen LogP contribution in [0.5, 0.6) is 5.75 Å². The number of aliphatic carboxylic acids is 1. The van der Waals surface area contributed by atoms with Gasteiger partial charge >= 0.3 is 5.97 Å². The molecule has 0 aliphatic carbocycles. The third-order valence-electron chi connectivity index (χ3n) is 4.21. The molecule has 1 rings (SSSR count). The van der Waals surface area contributed by atoms with Gasteiger partial charge in [-0.2, -0.15) is 12.6 Å². The summed E-state index contributed by atoms with van der Waals surface area (Å²) in [5.41, 5.74) is 6.19. The third kappa shape index (κ3) is 8.29. The minimum atomic E-state index is -1.24. The van der Waals surface area contributed by atoms with Crippen LogP contribution in [0.1, 0.15) is 19.4 Å². The number of hydrogen-bond acceptors (Lipinski definition) is 7. The number of nitrogens with one attached hydrogen (secondary N) is 3. The van der Waals surface area contributed by atoms with Crippen molar-refractivity contribution in [2.75, 3.05) is 12.3 Å². The number of carbonyl (C=O) groups excluding carboxylic acids is 3. The van der Waals surface area contributed by atoms with Crippen molar-refractivity contribution >= 4 is 36.3 Å². The van der Waals surface area contributed by atoms with E-state index in [2.05, 4.69) is 28.6 Å². The molecule has 3 unspecified atom stereocenters. The van der Waals surface area contributed by atoms with Crippen molar-refractivity contribution in [1.29, 1.82) is 0 Å². The van der Waals surface area contributed by atoms with E-state index in [-0.39, 0.29) is 23.8 Å². The zero-order valence-corrected chi connectivity index (χ0v) is 17.7. The standard InChI is InChI=1S/C19H28N4O6S/c1-10(2)16(23-17(26)13(20)9-30)18(27)21-8-15(25)22-14(19(28)29)7-11-3-5-12(24)6-4-11/h3-6,10,13-14,16,24,30H,7-9,20H2,1-2H3,(H,21,27)(H,22,25)(H,23,26)(H,28,29). The van der Waals surface area contributed by atoms with Crippen LogP contribution in [0.3, 0.4) is 0 Å². The van der Waals surface area contributed by atoms with Crippen molar-refractivity contribution in [2.24, 2.45) is 11.7 Å². The Balaban J connectivity index is 2.64. The van der Waals surface area contributed by atoms with Gasteiger partial charge in [0.15, 0.2) is 0 Å². The molecule has 0 saturated carbocycles. The summed E-state index contributed by atoms with van der Waals surface area (Å²) in [5, 5.41) is 25.9. The Bertz CT molecular complexity index is 756. The Hall–Kier alpha value is -2.79. The van der Waals surface area contributed by atoms with Crippen molar-refractivity contribution in [3.05, 3.63) is 29.8 Å². The van der Waals surface area contributed by atoms with Crippen LogP contribution in [0.25, 0.3) is 0 Å². The van der Waals surface area contributed by atoms with E-state index >= 15 is 0 Å². The highest BCUT2D eigenvalue weighted by atomic mass is 32.1. The lowest BCUT2D eigenvalue weighted by Gasteiger charge is -2.23. The van der Waals surface area contributed by atoms with Gasteiger partial charge in [0.05, 0.1) is 12.6 Å². The minimum Gasteiger partial charge on any atom is -0.508 e. The predicted octanol–water partition coefficient (Wildman–Crippen LogP) is -0.982. The molecule has 3 atom stereocenters. The van der Waals surface area contributed by atoms with E-state index in [0.717, 1.165) is 0 Å². The molecule has 0 spiro atoms.